The molecule has 0 radical (unpaired) electrons. The van der Waals surface area contributed by atoms with Crippen LogP contribution in [-0.4, -0.2) is 22.1 Å². The van der Waals surface area contributed by atoms with Crippen LogP contribution in [0.4, 0.5) is 0 Å². The Morgan fingerprint density at radius 3 is 2.18 bits per heavy atom. The Bertz CT molecular complexity index is 2340. The number of benzene rings is 5. The van der Waals surface area contributed by atoms with Gasteiger partial charge in [0.25, 0.3) is 0 Å². The van der Waals surface area contributed by atoms with Crippen LogP contribution in [0.5, 0.6) is 0 Å². The lowest BCUT2D eigenvalue weighted by Gasteiger charge is -2.40. The van der Waals surface area contributed by atoms with Gasteiger partial charge in [0, 0.05) is 33.7 Å². The van der Waals surface area contributed by atoms with Gasteiger partial charge >= 0.3 is 0 Å². The Labute approximate surface area is 255 Å². The van der Waals surface area contributed by atoms with E-state index in [2.05, 4.69) is 119 Å². The summed E-state index contributed by atoms with van der Waals surface area (Å²) in [4.78, 5) is 14.8. The predicted octanol–water partition coefficient (Wildman–Crippen LogP) is 8.86. The smallest absolute Gasteiger partial charge is 0.159 e. The quantitative estimate of drug-likeness (QED) is 0.157. The van der Waals surface area contributed by atoms with Crippen LogP contribution in [0.25, 0.3) is 38.8 Å². The molecule has 0 N–H and O–H groups in total. The van der Waals surface area contributed by atoms with Crippen LogP contribution in [0, 0.1) is 0 Å². The van der Waals surface area contributed by atoms with Gasteiger partial charge in [-0.3, -0.25) is 4.98 Å². The number of pyridine rings is 1. The zero-order valence-electron chi connectivity index (χ0n) is 23.9. The Kier molecular flexibility index (Phi) is 5.23. The first-order valence-corrected chi connectivity index (χ1v) is 14.8. The molecule has 1 unspecified atom stereocenters. The maximum Gasteiger partial charge on any atom is 0.159 e. The van der Waals surface area contributed by atoms with Crippen molar-refractivity contribution in [2.75, 3.05) is 0 Å². The summed E-state index contributed by atoms with van der Waals surface area (Å²) in [5, 5.41) is 2.48. The normalized spacial score (nSPS) is 16.9. The topological polar surface area (TPSA) is 42.5 Å². The van der Waals surface area contributed by atoms with Crippen LogP contribution in [0.3, 0.4) is 0 Å². The van der Waals surface area contributed by atoms with Crippen LogP contribution in [0.2, 0.25) is 0 Å². The number of aromatic nitrogens is 2. The zero-order chi connectivity index (χ0) is 29.3. The highest BCUT2D eigenvalue weighted by Crippen LogP contribution is 2.62. The van der Waals surface area contributed by atoms with Crippen molar-refractivity contribution in [3.63, 3.8) is 0 Å². The van der Waals surface area contributed by atoms with Gasteiger partial charge in [-0.2, -0.15) is 0 Å². The Morgan fingerprint density at radius 2 is 1.34 bits per heavy atom. The van der Waals surface area contributed by atoms with E-state index in [1.165, 1.54) is 38.5 Å². The first-order valence-electron chi connectivity index (χ1n) is 14.8. The van der Waals surface area contributed by atoms with Crippen molar-refractivity contribution < 1.29 is 0 Å². The molecule has 4 nitrogen and oxygen atoms in total. The number of para-hydroxylation sites is 3. The molecule has 0 saturated carbocycles. The number of aliphatic imine (C=N–C) groups is 2. The van der Waals surface area contributed by atoms with Gasteiger partial charge in [0.1, 0.15) is 0 Å². The number of allylic oxidation sites excluding steroid dienone is 1. The molecule has 206 valence electrons. The van der Waals surface area contributed by atoms with Crippen molar-refractivity contribution in [1.82, 2.24) is 9.55 Å². The second-order valence-corrected chi connectivity index (χ2v) is 11.3. The van der Waals surface area contributed by atoms with E-state index in [1.54, 1.807) is 0 Å². The van der Waals surface area contributed by atoms with Crippen molar-refractivity contribution in [2.24, 2.45) is 9.98 Å². The molecule has 0 fully saturated rings. The molecule has 1 spiro atoms. The van der Waals surface area contributed by atoms with E-state index in [-0.39, 0.29) is 0 Å². The molecule has 0 amide bonds. The van der Waals surface area contributed by atoms with Crippen molar-refractivity contribution in [2.45, 2.75) is 5.41 Å². The van der Waals surface area contributed by atoms with E-state index in [4.69, 9.17) is 9.98 Å². The maximum atomic E-state index is 5.37. The highest BCUT2D eigenvalue weighted by Gasteiger charge is 2.53. The minimum atomic E-state index is -0.673. The summed E-state index contributed by atoms with van der Waals surface area (Å²) < 4.78 is 2.45. The summed E-state index contributed by atoms with van der Waals surface area (Å²) in [5.74, 6) is 0.581. The summed E-state index contributed by atoms with van der Waals surface area (Å²) in [5.41, 5.74) is 11.3. The van der Waals surface area contributed by atoms with Crippen molar-refractivity contribution in [3.8, 4) is 5.69 Å². The molecule has 0 bridgehead atoms. The van der Waals surface area contributed by atoms with Gasteiger partial charge in [0.2, 0.25) is 0 Å². The molecule has 5 aromatic carbocycles. The van der Waals surface area contributed by atoms with Gasteiger partial charge < -0.3 is 4.57 Å². The Balaban J connectivity index is 1.52. The third-order valence-corrected chi connectivity index (χ3v) is 9.17. The lowest BCUT2D eigenvalue weighted by Crippen LogP contribution is -2.34. The Hall–Kier alpha value is -5.87. The van der Waals surface area contributed by atoms with Crippen molar-refractivity contribution >= 4 is 45.6 Å². The predicted molar refractivity (Wildman–Crippen MR) is 181 cm³/mol. The molecule has 4 heteroatoms. The number of nitrogens with zero attached hydrogens (tertiary/aromatic N) is 4. The monoisotopic (exact) mass is 562 g/mol. The van der Waals surface area contributed by atoms with Gasteiger partial charge in [-0.25, -0.2) is 9.98 Å². The molecule has 9 rings (SSSR count). The molecular weight excluding hydrogens is 536 g/mol. The molecule has 3 heterocycles. The zero-order valence-corrected chi connectivity index (χ0v) is 23.9. The highest BCUT2D eigenvalue weighted by molar-refractivity contribution is 6.17. The first kappa shape index (κ1) is 24.7. The van der Waals surface area contributed by atoms with Crippen LogP contribution in [0.1, 0.15) is 33.5 Å². The van der Waals surface area contributed by atoms with Crippen LogP contribution >= 0.6 is 0 Å². The van der Waals surface area contributed by atoms with E-state index in [1.807, 2.05) is 42.6 Å². The van der Waals surface area contributed by atoms with Crippen LogP contribution < -0.4 is 0 Å². The number of hydrogen-bond donors (Lipinski definition) is 0. The summed E-state index contributed by atoms with van der Waals surface area (Å²) in [6, 6.07) is 49.2. The molecular formula is C40H26N4. The number of amidine groups is 1. The molecule has 2 aromatic heterocycles. The van der Waals surface area contributed by atoms with Gasteiger partial charge in [-0.15, -0.1) is 0 Å². The molecule has 44 heavy (non-hydrogen) atoms. The van der Waals surface area contributed by atoms with Crippen LogP contribution in [0.15, 0.2) is 156 Å². The third kappa shape index (κ3) is 3.14. The van der Waals surface area contributed by atoms with E-state index < -0.39 is 5.41 Å². The van der Waals surface area contributed by atoms with Crippen molar-refractivity contribution in [3.05, 3.63) is 179 Å². The number of hydrogen-bond acceptors (Lipinski definition) is 2. The number of fused-ring (bicyclic) bond motifs is 9. The second-order valence-electron chi connectivity index (χ2n) is 11.3. The lowest BCUT2D eigenvalue weighted by molar-refractivity contribution is 0.785. The van der Waals surface area contributed by atoms with Crippen LogP contribution in [-0.2, 0) is 5.41 Å². The molecule has 7 aromatic rings. The SMILES string of the molecule is C=N/C(=N\C1=C(c2ccccn2)C2(c3ccccc31)c1ccccc1-n1c3ccccc3c3cccc2c31)c1ccccc1. The first-order chi connectivity index (χ1) is 21.8. The fraction of sp³-hybridized carbons (Fsp3) is 0.0250. The minimum absolute atomic E-state index is 0.581. The van der Waals surface area contributed by atoms with E-state index in [0.29, 0.717) is 5.84 Å². The average Bonchev–Trinajstić information content (AvgIpc) is 3.58. The van der Waals surface area contributed by atoms with Gasteiger partial charge in [-0.05, 0) is 47.7 Å². The minimum Gasteiger partial charge on any atom is -0.309 e. The summed E-state index contributed by atoms with van der Waals surface area (Å²) in [6.07, 6.45) is 1.87. The third-order valence-electron chi connectivity index (χ3n) is 9.17. The molecule has 2 aliphatic rings. The fourth-order valence-electron chi connectivity index (χ4n) is 7.55. The van der Waals surface area contributed by atoms with E-state index in [9.17, 15) is 0 Å². The standard InChI is InChI=1S/C40H26N4/c1-41-39(26-14-3-2-4-15-26)43-37-29-17-5-7-19-30(29)40(36(37)33-22-11-12-25-42-33)31-20-8-10-24-35(31)44-34-23-9-6-16-27(34)28-18-13-21-32(40)38(28)44/h2-25H,1H2/b43-39-. The van der Waals surface area contributed by atoms with Gasteiger partial charge in [0.15, 0.2) is 5.84 Å². The lowest BCUT2D eigenvalue weighted by atomic mass is 9.64. The van der Waals surface area contributed by atoms with E-state index >= 15 is 0 Å². The molecule has 0 saturated heterocycles. The molecule has 1 aliphatic carbocycles. The fourth-order valence-corrected chi connectivity index (χ4v) is 7.55. The largest absolute Gasteiger partial charge is 0.309 e. The molecule has 1 aliphatic heterocycles. The highest BCUT2D eigenvalue weighted by atomic mass is 15.0. The van der Waals surface area contributed by atoms with Gasteiger partial charge in [-0.1, -0.05) is 115 Å². The summed E-state index contributed by atoms with van der Waals surface area (Å²) >= 11 is 0. The van der Waals surface area contributed by atoms with Crippen molar-refractivity contribution in [1.29, 1.82) is 0 Å². The maximum absolute atomic E-state index is 5.37. The number of rotatable bonds is 3. The second kappa shape index (κ2) is 9.32. The Morgan fingerprint density at radius 1 is 0.636 bits per heavy atom. The van der Waals surface area contributed by atoms with Gasteiger partial charge in [0.05, 0.1) is 33.5 Å². The summed E-state index contributed by atoms with van der Waals surface area (Å²) in [7, 11) is 0. The average molecular weight is 563 g/mol. The summed E-state index contributed by atoms with van der Waals surface area (Å²) in [6.45, 7) is 3.94. The molecule has 1 atom stereocenters. The van der Waals surface area contributed by atoms with E-state index in [0.717, 1.165) is 33.8 Å².